The molecule has 0 unspecified atom stereocenters. The second kappa shape index (κ2) is 10.1. The van der Waals surface area contributed by atoms with Crippen LogP contribution in [0.1, 0.15) is 10.4 Å². The zero-order chi connectivity index (χ0) is 23.2. The Balaban J connectivity index is 1.25. The van der Waals surface area contributed by atoms with Crippen LogP contribution in [0.4, 0.5) is 11.4 Å². The maximum Gasteiger partial charge on any atom is 0.321 e. The van der Waals surface area contributed by atoms with Gasteiger partial charge in [-0.3, -0.25) is 4.79 Å². The summed E-state index contributed by atoms with van der Waals surface area (Å²) in [5.74, 6) is 0.498. The molecule has 7 nitrogen and oxygen atoms in total. The van der Waals surface area contributed by atoms with E-state index in [0.29, 0.717) is 11.3 Å². The standard InChI is InChI=1S/C27H24N4O3/c32-26(30-23-9-11-24(12-10-23)31-13-15-33-16-14-31)21-6-4-5-20(17-21)22-18-28-27(29-19-22)34-25-7-2-1-3-8-25/h1-12,17-19H,13-16H2,(H,30,32). The molecule has 1 fully saturated rings. The smallest absolute Gasteiger partial charge is 0.321 e. The number of amides is 1. The Hall–Kier alpha value is -4.23. The number of carbonyl (C=O) groups excluding carboxylic acids is 1. The Morgan fingerprint density at radius 1 is 0.853 bits per heavy atom. The number of hydrogen-bond donors (Lipinski definition) is 1. The summed E-state index contributed by atoms with van der Waals surface area (Å²) in [5, 5.41) is 2.97. The minimum absolute atomic E-state index is 0.175. The molecule has 0 atom stereocenters. The molecular weight excluding hydrogens is 428 g/mol. The predicted molar refractivity (Wildman–Crippen MR) is 131 cm³/mol. The molecule has 4 aromatic rings. The van der Waals surface area contributed by atoms with E-state index in [1.165, 1.54) is 0 Å². The van der Waals surface area contributed by atoms with Crippen molar-refractivity contribution < 1.29 is 14.3 Å². The highest BCUT2D eigenvalue weighted by molar-refractivity contribution is 6.05. The molecule has 170 valence electrons. The van der Waals surface area contributed by atoms with Crippen LogP contribution in [-0.4, -0.2) is 42.2 Å². The summed E-state index contributed by atoms with van der Waals surface area (Å²) in [4.78, 5) is 23.7. The Morgan fingerprint density at radius 3 is 2.32 bits per heavy atom. The van der Waals surface area contributed by atoms with Crippen molar-refractivity contribution in [1.29, 1.82) is 0 Å². The third kappa shape index (κ3) is 5.22. The van der Waals surface area contributed by atoms with E-state index in [-0.39, 0.29) is 11.9 Å². The van der Waals surface area contributed by atoms with E-state index in [9.17, 15) is 4.79 Å². The molecule has 0 bridgehead atoms. The van der Waals surface area contributed by atoms with Crippen molar-refractivity contribution in [2.24, 2.45) is 0 Å². The summed E-state index contributed by atoms with van der Waals surface area (Å²) in [6, 6.07) is 24.9. The van der Waals surface area contributed by atoms with E-state index in [0.717, 1.165) is 48.8 Å². The lowest BCUT2D eigenvalue weighted by Gasteiger charge is -2.28. The molecule has 1 aromatic heterocycles. The van der Waals surface area contributed by atoms with Gasteiger partial charge in [0.2, 0.25) is 0 Å². The minimum atomic E-state index is -0.175. The normalized spacial score (nSPS) is 13.4. The number of carbonyl (C=O) groups is 1. The topological polar surface area (TPSA) is 76.6 Å². The molecule has 1 aliphatic rings. The number of rotatable bonds is 6. The monoisotopic (exact) mass is 452 g/mol. The fraction of sp³-hybridized carbons (Fsp3) is 0.148. The Bertz CT molecular complexity index is 1240. The molecule has 2 heterocycles. The van der Waals surface area contributed by atoms with E-state index in [4.69, 9.17) is 9.47 Å². The van der Waals surface area contributed by atoms with Gasteiger partial charge in [-0.15, -0.1) is 0 Å². The van der Waals surface area contributed by atoms with Crippen molar-refractivity contribution in [2.45, 2.75) is 0 Å². The highest BCUT2D eigenvalue weighted by atomic mass is 16.5. The first-order chi connectivity index (χ1) is 16.7. The Kier molecular flexibility index (Phi) is 6.45. The lowest BCUT2D eigenvalue weighted by atomic mass is 10.1. The number of hydrogen-bond acceptors (Lipinski definition) is 6. The van der Waals surface area contributed by atoms with Crippen LogP contribution in [0.25, 0.3) is 11.1 Å². The molecule has 0 saturated carbocycles. The van der Waals surface area contributed by atoms with E-state index in [2.05, 4.69) is 20.2 Å². The van der Waals surface area contributed by atoms with Crippen molar-refractivity contribution in [3.8, 4) is 22.9 Å². The number of benzene rings is 3. The first-order valence-electron chi connectivity index (χ1n) is 11.1. The highest BCUT2D eigenvalue weighted by Gasteiger charge is 2.12. The van der Waals surface area contributed by atoms with Gasteiger partial charge in [0, 0.05) is 48.0 Å². The van der Waals surface area contributed by atoms with Gasteiger partial charge in [-0.05, 0) is 54.1 Å². The van der Waals surface area contributed by atoms with Crippen molar-refractivity contribution in [1.82, 2.24) is 9.97 Å². The molecule has 0 radical (unpaired) electrons. The van der Waals surface area contributed by atoms with Gasteiger partial charge >= 0.3 is 6.01 Å². The number of nitrogens with one attached hydrogen (secondary N) is 1. The Labute approximate surface area is 198 Å². The van der Waals surface area contributed by atoms with Crippen LogP contribution >= 0.6 is 0 Å². The van der Waals surface area contributed by atoms with Gasteiger partial charge in [-0.25, -0.2) is 9.97 Å². The number of anilines is 2. The van der Waals surface area contributed by atoms with E-state index in [1.54, 1.807) is 18.5 Å². The molecule has 3 aromatic carbocycles. The van der Waals surface area contributed by atoms with Crippen LogP contribution in [-0.2, 0) is 4.74 Å². The van der Waals surface area contributed by atoms with Gasteiger partial charge in [0.1, 0.15) is 5.75 Å². The first kappa shape index (κ1) is 21.6. The van der Waals surface area contributed by atoms with Crippen LogP contribution < -0.4 is 15.0 Å². The zero-order valence-corrected chi connectivity index (χ0v) is 18.6. The molecule has 1 saturated heterocycles. The van der Waals surface area contributed by atoms with E-state index >= 15 is 0 Å². The summed E-state index contributed by atoms with van der Waals surface area (Å²) in [7, 11) is 0. The lowest BCUT2D eigenvalue weighted by Crippen LogP contribution is -2.36. The van der Waals surface area contributed by atoms with Crippen molar-refractivity contribution >= 4 is 17.3 Å². The van der Waals surface area contributed by atoms with Crippen LogP contribution in [0, 0.1) is 0 Å². The van der Waals surface area contributed by atoms with Crippen LogP contribution in [0.2, 0.25) is 0 Å². The number of nitrogens with zero attached hydrogens (tertiary/aromatic N) is 3. The number of morpholine rings is 1. The van der Waals surface area contributed by atoms with Crippen molar-refractivity contribution in [2.75, 3.05) is 36.5 Å². The Morgan fingerprint density at radius 2 is 1.59 bits per heavy atom. The third-order valence-corrected chi connectivity index (χ3v) is 5.54. The molecule has 0 spiro atoms. The van der Waals surface area contributed by atoms with Crippen molar-refractivity contribution in [3.63, 3.8) is 0 Å². The molecule has 1 aliphatic heterocycles. The first-order valence-corrected chi connectivity index (χ1v) is 11.1. The summed E-state index contributed by atoms with van der Waals surface area (Å²) >= 11 is 0. The molecule has 34 heavy (non-hydrogen) atoms. The summed E-state index contributed by atoms with van der Waals surface area (Å²) in [6.07, 6.45) is 3.37. The molecule has 7 heteroatoms. The maximum absolute atomic E-state index is 12.9. The van der Waals surface area contributed by atoms with Crippen LogP contribution in [0.3, 0.4) is 0 Å². The minimum Gasteiger partial charge on any atom is -0.424 e. The zero-order valence-electron chi connectivity index (χ0n) is 18.6. The van der Waals surface area contributed by atoms with Gasteiger partial charge in [-0.2, -0.15) is 0 Å². The van der Waals surface area contributed by atoms with Gasteiger partial charge in [0.25, 0.3) is 5.91 Å². The number of aromatic nitrogens is 2. The highest BCUT2D eigenvalue weighted by Crippen LogP contribution is 2.23. The average molecular weight is 453 g/mol. The van der Waals surface area contributed by atoms with Gasteiger partial charge < -0.3 is 19.7 Å². The molecule has 1 amide bonds. The number of ether oxygens (including phenoxy) is 2. The van der Waals surface area contributed by atoms with Gasteiger partial charge in [0.05, 0.1) is 13.2 Å². The fourth-order valence-electron chi connectivity index (χ4n) is 3.73. The summed E-state index contributed by atoms with van der Waals surface area (Å²) in [5.41, 5.74) is 4.08. The van der Waals surface area contributed by atoms with Crippen LogP contribution in [0.5, 0.6) is 11.8 Å². The maximum atomic E-state index is 12.9. The van der Waals surface area contributed by atoms with Gasteiger partial charge in [-0.1, -0.05) is 30.3 Å². The predicted octanol–water partition coefficient (Wildman–Crippen LogP) is 5.02. The second-order valence-electron chi connectivity index (χ2n) is 7.85. The van der Waals surface area contributed by atoms with Gasteiger partial charge in [0.15, 0.2) is 0 Å². The van der Waals surface area contributed by atoms with E-state index in [1.807, 2.05) is 72.8 Å². The summed E-state index contributed by atoms with van der Waals surface area (Å²) in [6.45, 7) is 3.23. The SMILES string of the molecule is O=C(Nc1ccc(N2CCOCC2)cc1)c1cccc(-c2cnc(Oc3ccccc3)nc2)c1. The van der Waals surface area contributed by atoms with Crippen molar-refractivity contribution in [3.05, 3.63) is 96.8 Å². The second-order valence-corrected chi connectivity index (χ2v) is 7.85. The average Bonchev–Trinajstić information content (AvgIpc) is 2.91. The summed E-state index contributed by atoms with van der Waals surface area (Å²) < 4.78 is 11.1. The molecular formula is C27H24N4O3. The quantitative estimate of drug-likeness (QED) is 0.442. The fourth-order valence-corrected chi connectivity index (χ4v) is 3.73. The molecule has 5 rings (SSSR count). The van der Waals surface area contributed by atoms with E-state index < -0.39 is 0 Å². The third-order valence-electron chi connectivity index (χ3n) is 5.54. The largest absolute Gasteiger partial charge is 0.424 e. The molecule has 1 N–H and O–H groups in total. The number of para-hydroxylation sites is 1. The molecule has 0 aliphatic carbocycles. The van der Waals surface area contributed by atoms with Crippen LogP contribution in [0.15, 0.2) is 91.3 Å². The lowest BCUT2D eigenvalue weighted by molar-refractivity contribution is 0.102.